The summed E-state index contributed by atoms with van der Waals surface area (Å²) in [4.78, 5) is 18.4. The number of pyridine rings is 1. The van der Waals surface area contributed by atoms with Crippen LogP contribution in [0.2, 0.25) is 0 Å². The van der Waals surface area contributed by atoms with Crippen LogP contribution in [0.15, 0.2) is 18.3 Å². The fourth-order valence-corrected chi connectivity index (χ4v) is 2.81. The van der Waals surface area contributed by atoms with E-state index in [9.17, 15) is 4.79 Å². The lowest BCUT2D eigenvalue weighted by molar-refractivity contribution is -0.131. The van der Waals surface area contributed by atoms with Crippen LogP contribution in [0.4, 0.5) is 5.69 Å². The molecule has 1 aliphatic heterocycles. The molecular formula is C15H24N4O. The predicted molar refractivity (Wildman–Crippen MR) is 79.7 cm³/mol. The van der Waals surface area contributed by atoms with E-state index in [1.54, 1.807) is 6.20 Å². The highest BCUT2D eigenvalue weighted by Crippen LogP contribution is 2.23. The van der Waals surface area contributed by atoms with Gasteiger partial charge in [0.05, 0.1) is 17.9 Å². The number of likely N-dealkylation sites (tertiary alicyclic amines) is 1. The van der Waals surface area contributed by atoms with Crippen LogP contribution >= 0.6 is 0 Å². The summed E-state index contributed by atoms with van der Waals surface area (Å²) in [6.07, 6.45) is 6.94. The van der Waals surface area contributed by atoms with E-state index in [2.05, 4.69) is 17.3 Å². The van der Waals surface area contributed by atoms with Crippen LogP contribution in [0.1, 0.15) is 44.7 Å². The first-order valence-electron chi connectivity index (χ1n) is 7.42. The molecule has 5 heteroatoms. The molecule has 20 heavy (non-hydrogen) atoms. The number of hydrogen-bond donors (Lipinski definition) is 2. The molecular weight excluding hydrogens is 252 g/mol. The van der Waals surface area contributed by atoms with Gasteiger partial charge in [0.15, 0.2) is 0 Å². The van der Waals surface area contributed by atoms with Gasteiger partial charge in [0.2, 0.25) is 5.91 Å². The second-order valence-corrected chi connectivity index (χ2v) is 5.48. The monoisotopic (exact) mass is 276 g/mol. The third-order valence-electron chi connectivity index (χ3n) is 3.96. The van der Waals surface area contributed by atoms with Crippen molar-refractivity contribution in [2.45, 2.75) is 45.6 Å². The van der Waals surface area contributed by atoms with Gasteiger partial charge in [0.25, 0.3) is 0 Å². The van der Waals surface area contributed by atoms with Gasteiger partial charge in [-0.25, -0.2) is 0 Å². The number of anilines is 1. The van der Waals surface area contributed by atoms with E-state index in [4.69, 9.17) is 5.84 Å². The molecule has 110 valence electrons. The number of amides is 1. The van der Waals surface area contributed by atoms with Crippen molar-refractivity contribution in [1.82, 2.24) is 9.88 Å². The number of hydrazine groups is 1. The van der Waals surface area contributed by atoms with Crippen LogP contribution in [0.5, 0.6) is 0 Å². The molecule has 1 aromatic rings. The van der Waals surface area contributed by atoms with E-state index < -0.39 is 0 Å². The summed E-state index contributed by atoms with van der Waals surface area (Å²) < 4.78 is 0. The Morgan fingerprint density at radius 2 is 2.35 bits per heavy atom. The van der Waals surface area contributed by atoms with Crippen molar-refractivity contribution in [1.29, 1.82) is 0 Å². The van der Waals surface area contributed by atoms with Crippen molar-refractivity contribution in [3.05, 3.63) is 24.0 Å². The third-order valence-corrected chi connectivity index (χ3v) is 3.96. The Hall–Kier alpha value is -1.62. The van der Waals surface area contributed by atoms with Gasteiger partial charge in [0, 0.05) is 19.2 Å². The van der Waals surface area contributed by atoms with E-state index in [-0.39, 0.29) is 5.91 Å². The van der Waals surface area contributed by atoms with Crippen molar-refractivity contribution in [3.8, 4) is 0 Å². The number of nitrogens with one attached hydrogen (secondary N) is 1. The minimum absolute atomic E-state index is 0.247. The predicted octanol–water partition coefficient (Wildman–Crippen LogP) is 2.30. The number of rotatable bonds is 5. The van der Waals surface area contributed by atoms with Crippen LogP contribution in [0.25, 0.3) is 0 Å². The first-order chi connectivity index (χ1) is 9.72. The minimum atomic E-state index is 0.247. The van der Waals surface area contributed by atoms with Crippen LogP contribution in [0.3, 0.4) is 0 Å². The molecule has 0 radical (unpaired) electrons. The van der Waals surface area contributed by atoms with Crippen LogP contribution in [-0.4, -0.2) is 22.3 Å². The molecule has 1 saturated heterocycles. The number of carbonyl (C=O) groups is 1. The standard InChI is InChI=1S/C15H24N4O/c1-2-3-12-4-5-15(20)19(9-7-12)11-14-10-13(18-16)6-8-17-14/h6,8,10,12H,2-5,7,9,11,16H2,1H3,(H,17,18). The highest BCUT2D eigenvalue weighted by atomic mass is 16.2. The Bertz CT molecular complexity index is 449. The normalized spacial score (nSPS) is 19.8. The van der Waals surface area contributed by atoms with Crippen LogP contribution < -0.4 is 11.3 Å². The van der Waals surface area contributed by atoms with Gasteiger partial charge in [0.1, 0.15) is 0 Å². The molecule has 0 spiro atoms. The topological polar surface area (TPSA) is 71.2 Å². The summed E-state index contributed by atoms with van der Waals surface area (Å²) in [6.45, 7) is 3.62. The number of hydrogen-bond acceptors (Lipinski definition) is 4. The summed E-state index contributed by atoms with van der Waals surface area (Å²) in [5.41, 5.74) is 4.31. The van der Waals surface area contributed by atoms with E-state index in [0.717, 1.165) is 30.8 Å². The van der Waals surface area contributed by atoms with Crippen molar-refractivity contribution in [2.75, 3.05) is 12.0 Å². The van der Waals surface area contributed by atoms with Gasteiger partial charge >= 0.3 is 0 Å². The zero-order valence-electron chi connectivity index (χ0n) is 12.1. The largest absolute Gasteiger partial charge is 0.337 e. The van der Waals surface area contributed by atoms with Crippen molar-refractivity contribution in [3.63, 3.8) is 0 Å². The molecule has 1 unspecified atom stereocenters. The highest BCUT2D eigenvalue weighted by molar-refractivity contribution is 5.76. The summed E-state index contributed by atoms with van der Waals surface area (Å²) in [5.74, 6) is 6.34. The summed E-state index contributed by atoms with van der Waals surface area (Å²) in [7, 11) is 0. The highest BCUT2D eigenvalue weighted by Gasteiger charge is 2.22. The summed E-state index contributed by atoms with van der Waals surface area (Å²) >= 11 is 0. The molecule has 2 rings (SSSR count). The molecule has 0 saturated carbocycles. The number of nitrogen functional groups attached to an aromatic ring is 1. The number of aromatic nitrogens is 1. The second kappa shape index (κ2) is 7.24. The van der Waals surface area contributed by atoms with Crippen molar-refractivity contribution < 1.29 is 4.79 Å². The molecule has 1 aliphatic rings. The van der Waals surface area contributed by atoms with Crippen molar-refractivity contribution >= 4 is 11.6 Å². The molecule has 1 amide bonds. The van der Waals surface area contributed by atoms with Gasteiger partial charge in [-0.1, -0.05) is 19.8 Å². The molecule has 0 aliphatic carbocycles. The number of nitrogens with two attached hydrogens (primary N) is 1. The average molecular weight is 276 g/mol. The SMILES string of the molecule is CCCC1CCC(=O)N(Cc2cc(NN)ccn2)CC1. The quantitative estimate of drug-likeness (QED) is 0.639. The van der Waals surface area contributed by atoms with E-state index in [1.165, 1.54) is 12.8 Å². The fourth-order valence-electron chi connectivity index (χ4n) is 2.81. The molecule has 1 fully saturated rings. The number of carbonyl (C=O) groups excluding carboxylic acids is 1. The number of nitrogens with zero attached hydrogens (tertiary/aromatic N) is 2. The lowest BCUT2D eigenvalue weighted by Gasteiger charge is -2.20. The first kappa shape index (κ1) is 14.8. The summed E-state index contributed by atoms with van der Waals surface area (Å²) in [5, 5.41) is 0. The Labute approximate surface area is 120 Å². The molecule has 5 nitrogen and oxygen atoms in total. The van der Waals surface area contributed by atoms with Gasteiger partial charge in [-0.2, -0.15) is 0 Å². The van der Waals surface area contributed by atoms with Crippen LogP contribution in [-0.2, 0) is 11.3 Å². The molecule has 0 bridgehead atoms. The lowest BCUT2D eigenvalue weighted by Crippen LogP contribution is -2.30. The Morgan fingerprint density at radius 1 is 1.50 bits per heavy atom. The van der Waals surface area contributed by atoms with Gasteiger partial charge in [-0.15, -0.1) is 0 Å². The molecule has 1 aromatic heterocycles. The van der Waals surface area contributed by atoms with Gasteiger partial charge in [-0.05, 0) is 30.9 Å². The van der Waals surface area contributed by atoms with E-state index in [0.29, 0.717) is 18.9 Å². The zero-order valence-corrected chi connectivity index (χ0v) is 12.1. The molecule has 3 N–H and O–H groups in total. The molecule has 1 atom stereocenters. The lowest BCUT2D eigenvalue weighted by atomic mass is 9.96. The average Bonchev–Trinajstić information content (AvgIpc) is 2.64. The van der Waals surface area contributed by atoms with E-state index in [1.807, 2.05) is 17.0 Å². The Morgan fingerprint density at radius 3 is 3.10 bits per heavy atom. The summed E-state index contributed by atoms with van der Waals surface area (Å²) in [6, 6.07) is 3.70. The third kappa shape index (κ3) is 3.93. The van der Waals surface area contributed by atoms with E-state index >= 15 is 0 Å². The fraction of sp³-hybridized carbons (Fsp3) is 0.600. The van der Waals surface area contributed by atoms with Crippen molar-refractivity contribution in [2.24, 2.45) is 11.8 Å². The minimum Gasteiger partial charge on any atom is -0.337 e. The zero-order chi connectivity index (χ0) is 14.4. The van der Waals surface area contributed by atoms with Crippen LogP contribution in [0, 0.1) is 5.92 Å². The smallest absolute Gasteiger partial charge is 0.222 e. The maximum Gasteiger partial charge on any atom is 0.222 e. The van der Waals surface area contributed by atoms with Gasteiger partial charge in [-0.3, -0.25) is 15.6 Å². The first-order valence-corrected chi connectivity index (χ1v) is 7.42. The maximum atomic E-state index is 12.2. The molecule has 0 aromatic carbocycles. The second-order valence-electron chi connectivity index (χ2n) is 5.48. The van der Waals surface area contributed by atoms with Gasteiger partial charge < -0.3 is 10.3 Å². The Balaban J connectivity index is 1.98. The maximum absolute atomic E-state index is 12.2. The Kier molecular flexibility index (Phi) is 5.35. The molecule has 2 heterocycles.